The van der Waals surface area contributed by atoms with Crippen LogP contribution in [0.2, 0.25) is 0 Å². The second-order valence-corrected chi connectivity index (χ2v) is 4.76. The number of halogens is 1. The zero-order valence-electron chi connectivity index (χ0n) is 11.0. The second-order valence-electron chi connectivity index (χ2n) is 4.76. The lowest BCUT2D eigenvalue weighted by molar-refractivity contribution is -0.119. The van der Waals surface area contributed by atoms with Crippen LogP contribution in [0.4, 0.5) is 10.1 Å². The number of nitrogens with two attached hydrogens (primary N) is 1. The Balaban J connectivity index is 2.83. The smallest absolute Gasteiger partial charge is 0.227 e. The number of carbonyl (C=O) groups excluding carboxylic acids is 1. The molecule has 0 saturated carbocycles. The molecule has 0 spiro atoms. The average molecular weight is 252 g/mol. The normalized spacial score (nSPS) is 10.7. The molecule has 0 aliphatic carbocycles. The molecule has 2 N–H and O–H groups in total. The van der Waals surface area contributed by atoms with Gasteiger partial charge in [0, 0.05) is 18.7 Å². The van der Waals surface area contributed by atoms with Crippen molar-refractivity contribution in [3.05, 3.63) is 30.1 Å². The first-order valence-corrected chi connectivity index (χ1v) is 6.30. The minimum absolute atomic E-state index is 0.0602. The van der Waals surface area contributed by atoms with Gasteiger partial charge in [-0.3, -0.25) is 4.79 Å². The Morgan fingerprint density at radius 1 is 1.33 bits per heavy atom. The Kier molecular flexibility index (Phi) is 5.78. The molecule has 0 bridgehead atoms. The van der Waals surface area contributed by atoms with E-state index in [1.54, 1.807) is 17.0 Å². The quantitative estimate of drug-likeness (QED) is 0.845. The zero-order valence-corrected chi connectivity index (χ0v) is 11.0. The van der Waals surface area contributed by atoms with Crippen LogP contribution in [0, 0.1) is 11.7 Å². The van der Waals surface area contributed by atoms with Crippen molar-refractivity contribution in [1.29, 1.82) is 0 Å². The molecule has 1 aromatic carbocycles. The average Bonchev–Trinajstić information content (AvgIpc) is 2.31. The van der Waals surface area contributed by atoms with E-state index in [2.05, 4.69) is 0 Å². The van der Waals surface area contributed by atoms with Gasteiger partial charge in [0.15, 0.2) is 0 Å². The number of hydrogen-bond donors (Lipinski definition) is 1. The van der Waals surface area contributed by atoms with Gasteiger partial charge < -0.3 is 10.6 Å². The molecule has 4 heteroatoms. The summed E-state index contributed by atoms with van der Waals surface area (Å²) >= 11 is 0. The van der Waals surface area contributed by atoms with E-state index in [9.17, 15) is 9.18 Å². The van der Waals surface area contributed by atoms with Crippen molar-refractivity contribution < 1.29 is 9.18 Å². The van der Waals surface area contributed by atoms with Crippen LogP contribution in [0.3, 0.4) is 0 Å². The van der Waals surface area contributed by atoms with E-state index < -0.39 is 0 Å². The molecule has 100 valence electrons. The van der Waals surface area contributed by atoms with Crippen LogP contribution >= 0.6 is 0 Å². The van der Waals surface area contributed by atoms with E-state index in [1.807, 2.05) is 13.8 Å². The highest BCUT2D eigenvalue weighted by Crippen LogP contribution is 2.17. The largest absolute Gasteiger partial charge is 0.330 e. The Bertz CT molecular complexity index is 376. The molecule has 0 aliphatic heterocycles. The lowest BCUT2D eigenvalue weighted by Crippen LogP contribution is -2.33. The van der Waals surface area contributed by atoms with Crippen molar-refractivity contribution in [3.63, 3.8) is 0 Å². The number of nitrogens with zero attached hydrogens (tertiary/aromatic N) is 1. The third-order valence-corrected chi connectivity index (χ3v) is 2.61. The van der Waals surface area contributed by atoms with Crippen LogP contribution in [0.15, 0.2) is 24.3 Å². The van der Waals surface area contributed by atoms with Gasteiger partial charge in [-0.15, -0.1) is 0 Å². The first kappa shape index (κ1) is 14.6. The molecular formula is C14H21FN2O. The van der Waals surface area contributed by atoms with Gasteiger partial charge in [-0.05, 0) is 43.1 Å². The lowest BCUT2D eigenvalue weighted by Gasteiger charge is -2.23. The van der Waals surface area contributed by atoms with E-state index in [1.165, 1.54) is 12.1 Å². The first-order valence-electron chi connectivity index (χ1n) is 6.30. The molecule has 0 unspecified atom stereocenters. The van der Waals surface area contributed by atoms with Crippen molar-refractivity contribution in [3.8, 4) is 0 Å². The third kappa shape index (κ3) is 4.45. The third-order valence-electron chi connectivity index (χ3n) is 2.61. The van der Waals surface area contributed by atoms with Crippen LogP contribution < -0.4 is 10.6 Å². The number of carbonyl (C=O) groups is 1. The van der Waals surface area contributed by atoms with Gasteiger partial charge in [-0.25, -0.2) is 4.39 Å². The Labute approximate surface area is 108 Å². The maximum absolute atomic E-state index is 12.9. The highest BCUT2D eigenvalue weighted by Gasteiger charge is 2.16. The molecule has 0 saturated heterocycles. The minimum Gasteiger partial charge on any atom is -0.330 e. The summed E-state index contributed by atoms with van der Waals surface area (Å²) in [6, 6.07) is 6.00. The molecule has 1 aromatic rings. The maximum atomic E-state index is 12.9. The highest BCUT2D eigenvalue weighted by molar-refractivity contribution is 5.93. The summed E-state index contributed by atoms with van der Waals surface area (Å²) in [6.45, 7) is 5.12. The first-order chi connectivity index (χ1) is 8.54. The maximum Gasteiger partial charge on any atom is 0.227 e. The fourth-order valence-corrected chi connectivity index (χ4v) is 1.73. The molecule has 0 aromatic heterocycles. The Morgan fingerprint density at radius 2 is 1.94 bits per heavy atom. The van der Waals surface area contributed by atoms with Crippen molar-refractivity contribution >= 4 is 11.6 Å². The topological polar surface area (TPSA) is 46.3 Å². The van der Waals surface area contributed by atoms with Crippen LogP contribution in [-0.2, 0) is 4.79 Å². The SMILES string of the molecule is CC(C)CC(=O)N(CCCN)c1ccc(F)cc1. The van der Waals surface area contributed by atoms with Gasteiger partial charge in [0.05, 0.1) is 0 Å². The zero-order chi connectivity index (χ0) is 13.5. The molecule has 3 nitrogen and oxygen atoms in total. The predicted molar refractivity (Wildman–Crippen MR) is 71.9 cm³/mol. The summed E-state index contributed by atoms with van der Waals surface area (Å²) in [6.07, 6.45) is 1.23. The number of hydrogen-bond acceptors (Lipinski definition) is 2. The molecule has 18 heavy (non-hydrogen) atoms. The minimum atomic E-state index is -0.297. The molecular weight excluding hydrogens is 231 g/mol. The fraction of sp³-hybridized carbons (Fsp3) is 0.500. The Hall–Kier alpha value is -1.42. The van der Waals surface area contributed by atoms with Crippen molar-refractivity contribution in [2.24, 2.45) is 11.7 Å². The summed E-state index contributed by atoms with van der Waals surface area (Å²) in [7, 11) is 0. The Morgan fingerprint density at radius 3 is 2.44 bits per heavy atom. The summed E-state index contributed by atoms with van der Waals surface area (Å²) < 4.78 is 12.9. The molecule has 1 rings (SSSR count). The molecule has 0 fully saturated rings. The van der Waals surface area contributed by atoms with Crippen molar-refractivity contribution in [2.45, 2.75) is 26.7 Å². The number of benzene rings is 1. The lowest BCUT2D eigenvalue weighted by atomic mass is 10.1. The van der Waals surface area contributed by atoms with E-state index in [-0.39, 0.29) is 11.7 Å². The van der Waals surface area contributed by atoms with Crippen LogP contribution in [0.25, 0.3) is 0 Å². The summed E-state index contributed by atoms with van der Waals surface area (Å²) in [5, 5.41) is 0. The molecule has 1 amide bonds. The number of anilines is 1. The molecule has 0 radical (unpaired) electrons. The van der Waals surface area contributed by atoms with Gasteiger partial charge in [0.25, 0.3) is 0 Å². The van der Waals surface area contributed by atoms with E-state index in [4.69, 9.17) is 5.73 Å². The van der Waals surface area contributed by atoms with Crippen LogP contribution in [0.1, 0.15) is 26.7 Å². The van der Waals surface area contributed by atoms with Gasteiger partial charge in [0.2, 0.25) is 5.91 Å². The second kappa shape index (κ2) is 7.11. The van der Waals surface area contributed by atoms with E-state index in [0.29, 0.717) is 25.4 Å². The van der Waals surface area contributed by atoms with E-state index >= 15 is 0 Å². The summed E-state index contributed by atoms with van der Waals surface area (Å²) in [5.41, 5.74) is 6.21. The number of amides is 1. The van der Waals surface area contributed by atoms with Gasteiger partial charge in [-0.2, -0.15) is 0 Å². The van der Waals surface area contributed by atoms with Crippen molar-refractivity contribution in [1.82, 2.24) is 0 Å². The standard InChI is InChI=1S/C14H21FN2O/c1-11(2)10-14(18)17(9-3-8-16)13-6-4-12(15)5-7-13/h4-7,11H,3,8-10,16H2,1-2H3. The van der Waals surface area contributed by atoms with Gasteiger partial charge in [-0.1, -0.05) is 13.8 Å². The van der Waals surface area contributed by atoms with E-state index in [0.717, 1.165) is 12.1 Å². The number of rotatable bonds is 6. The summed E-state index contributed by atoms with van der Waals surface area (Å²) in [4.78, 5) is 13.8. The van der Waals surface area contributed by atoms with Crippen molar-refractivity contribution in [2.75, 3.05) is 18.0 Å². The van der Waals surface area contributed by atoms with Crippen LogP contribution in [-0.4, -0.2) is 19.0 Å². The molecule has 0 atom stereocenters. The van der Waals surface area contributed by atoms with Crippen LogP contribution in [0.5, 0.6) is 0 Å². The monoisotopic (exact) mass is 252 g/mol. The fourth-order valence-electron chi connectivity index (χ4n) is 1.73. The predicted octanol–water partition coefficient (Wildman–Crippen LogP) is 2.55. The molecule has 0 heterocycles. The molecule has 0 aliphatic rings. The highest BCUT2D eigenvalue weighted by atomic mass is 19.1. The summed E-state index contributed by atoms with van der Waals surface area (Å²) in [5.74, 6) is 0.0669. The van der Waals surface area contributed by atoms with Gasteiger partial charge >= 0.3 is 0 Å². The van der Waals surface area contributed by atoms with Gasteiger partial charge in [0.1, 0.15) is 5.82 Å².